The number of rotatable bonds is 5. The van der Waals surface area contributed by atoms with Gasteiger partial charge in [0, 0.05) is 49.6 Å². The third-order valence-electron chi connectivity index (χ3n) is 4.17. The summed E-state index contributed by atoms with van der Waals surface area (Å²) in [6, 6.07) is 11.0. The van der Waals surface area contributed by atoms with Crippen molar-refractivity contribution >= 4 is 29.6 Å². The van der Waals surface area contributed by atoms with E-state index >= 15 is 0 Å². The summed E-state index contributed by atoms with van der Waals surface area (Å²) in [4.78, 5) is 31.2. The molecular formula is C18H19ClN4O2. The Kier molecular flexibility index (Phi) is 5.50. The zero-order chi connectivity index (χ0) is 17.6. The Hall–Kier alpha value is -2.60. The predicted octanol–water partition coefficient (Wildman–Crippen LogP) is 1.94. The van der Waals surface area contributed by atoms with Gasteiger partial charge in [-0.1, -0.05) is 23.7 Å². The topological polar surface area (TPSA) is 65.5 Å². The SMILES string of the molecule is O=CN1CCN(c2ccnc(C(=O)NCc3ccc(Cl)cc3)c2)CC1. The van der Waals surface area contributed by atoms with Crippen LogP contribution in [0, 0.1) is 0 Å². The highest BCUT2D eigenvalue weighted by Gasteiger charge is 2.17. The van der Waals surface area contributed by atoms with E-state index in [1.807, 2.05) is 18.2 Å². The number of nitrogens with one attached hydrogen (secondary N) is 1. The number of carbonyl (C=O) groups is 2. The van der Waals surface area contributed by atoms with Gasteiger partial charge in [-0.15, -0.1) is 0 Å². The first kappa shape index (κ1) is 17.2. The third kappa shape index (κ3) is 4.48. The predicted molar refractivity (Wildman–Crippen MR) is 96.7 cm³/mol. The fourth-order valence-corrected chi connectivity index (χ4v) is 2.83. The first-order chi connectivity index (χ1) is 12.2. The summed E-state index contributed by atoms with van der Waals surface area (Å²) in [6.07, 6.45) is 2.51. The van der Waals surface area contributed by atoms with Gasteiger partial charge in [-0.2, -0.15) is 0 Å². The Morgan fingerprint density at radius 2 is 1.88 bits per heavy atom. The van der Waals surface area contributed by atoms with Gasteiger partial charge in [0.1, 0.15) is 5.69 Å². The van der Waals surface area contributed by atoms with E-state index in [0.717, 1.165) is 30.8 Å². The number of nitrogens with zero attached hydrogens (tertiary/aromatic N) is 3. The number of hydrogen-bond acceptors (Lipinski definition) is 4. The van der Waals surface area contributed by atoms with Crippen molar-refractivity contribution in [1.29, 1.82) is 0 Å². The first-order valence-corrected chi connectivity index (χ1v) is 8.46. The molecule has 6 nitrogen and oxygen atoms in total. The summed E-state index contributed by atoms with van der Waals surface area (Å²) >= 11 is 5.86. The van der Waals surface area contributed by atoms with Gasteiger partial charge < -0.3 is 15.1 Å². The molecule has 2 heterocycles. The molecule has 1 aliphatic heterocycles. The normalized spacial score (nSPS) is 14.3. The van der Waals surface area contributed by atoms with E-state index in [-0.39, 0.29) is 5.91 Å². The van der Waals surface area contributed by atoms with Gasteiger partial charge in [-0.05, 0) is 29.8 Å². The van der Waals surface area contributed by atoms with Crippen LogP contribution in [0.1, 0.15) is 16.1 Å². The van der Waals surface area contributed by atoms with Crippen LogP contribution in [0.2, 0.25) is 5.02 Å². The summed E-state index contributed by atoms with van der Waals surface area (Å²) in [6.45, 7) is 3.27. The van der Waals surface area contributed by atoms with E-state index < -0.39 is 0 Å². The Bertz CT molecular complexity index is 743. The second-order valence-electron chi connectivity index (χ2n) is 5.84. The molecule has 0 spiro atoms. The standard InChI is InChI=1S/C18H19ClN4O2/c19-15-3-1-14(2-4-15)12-21-18(25)17-11-16(5-6-20-17)23-9-7-22(13-24)8-10-23/h1-6,11,13H,7-10,12H2,(H,21,25). The quantitative estimate of drug-likeness (QED) is 0.830. The average Bonchev–Trinajstić information content (AvgIpc) is 2.67. The fourth-order valence-electron chi connectivity index (χ4n) is 2.70. The van der Waals surface area contributed by atoms with Crippen molar-refractivity contribution in [2.75, 3.05) is 31.1 Å². The Morgan fingerprint density at radius 3 is 2.56 bits per heavy atom. The van der Waals surface area contributed by atoms with Gasteiger partial charge in [0.05, 0.1) is 0 Å². The van der Waals surface area contributed by atoms with Crippen molar-refractivity contribution in [3.63, 3.8) is 0 Å². The van der Waals surface area contributed by atoms with E-state index in [1.54, 1.807) is 29.3 Å². The number of pyridine rings is 1. The molecule has 25 heavy (non-hydrogen) atoms. The third-order valence-corrected chi connectivity index (χ3v) is 4.42. The number of piperazine rings is 1. The largest absolute Gasteiger partial charge is 0.368 e. The molecule has 7 heteroatoms. The molecule has 1 aromatic heterocycles. The van der Waals surface area contributed by atoms with Crippen molar-refractivity contribution in [3.05, 3.63) is 58.9 Å². The van der Waals surface area contributed by atoms with Crippen LogP contribution in [0.3, 0.4) is 0 Å². The van der Waals surface area contributed by atoms with Crippen LogP contribution in [0.25, 0.3) is 0 Å². The van der Waals surface area contributed by atoms with Crippen molar-refractivity contribution in [3.8, 4) is 0 Å². The number of amides is 2. The van der Waals surface area contributed by atoms with Gasteiger partial charge in [0.25, 0.3) is 5.91 Å². The number of halogens is 1. The maximum absolute atomic E-state index is 12.3. The number of hydrogen-bond donors (Lipinski definition) is 1. The first-order valence-electron chi connectivity index (χ1n) is 8.09. The molecular weight excluding hydrogens is 340 g/mol. The molecule has 1 N–H and O–H groups in total. The molecule has 0 unspecified atom stereocenters. The molecule has 0 atom stereocenters. The summed E-state index contributed by atoms with van der Waals surface area (Å²) < 4.78 is 0. The maximum Gasteiger partial charge on any atom is 0.270 e. The minimum atomic E-state index is -0.219. The molecule has 1 aromatic carbocycles. The lowest BCUT2D eigenvalue weighted by Crippen LogP contribution is -2.45. The molecule has 1 saturated heterocycles. The molecule has 130 valence electrons. The lowest BCUT2D eigenvalue weighted by molar-refractivity contribution is -0.118. The van der Waals surface area contributed by atoms with Crippen LogP contribution in [-0.4, -0.2) is 48.4 Å². The van der Waals surface area contributed by atoms with E-state index in [1.165, 1.54) is 0 Å². The summed E-state index contributed by atoms with van der Waals surface area (Å²) in [5, 5.41) is 3.53. The Morgan fingerprint density at radius 1 is 1.16 bits per heavy atom. The highest BCUT2D eigenvalue weighted by Crippen LogP contribution is 2.16. The van der Waals surface area contributed by atoms with Gasteiger partial charge in [0.2, 0.25) is 6.41 Å². The van der Waals surface area contributed by atoms with Crippen LogP contribution in [-0.2, 0) is 11.3 Å². The molecule has 1 fully saturated rings. The minimum absolute atomic E-state index is 0.219. The van der Waals surface area contributed by atoms with E-state index in [4.69, 9.17) is 11.6 Å². The number of aromatic nitrogens is 1. The fraction of sp³-hybridized carbons (Fsp3) is 0.278. The second kappa shape index (κ2) is 7.98. The van der Waals surface area contributed by atoms with Gasteiger partial charge in [-0.25, -0.2) is 0 Å². The number of carbonyl (C=O) groups excluding carboxylic acids is 2. The molecule has 0 saturated carbocycles. The monoisotopic (exact) mass is 358 g/mol. The van der Waals surface area contributed by atoms with Crippen LogP contribution >= 0.6 is 11.6 Å². The van der Waals surface area contributed by atoms with E-state index in [9.17, 15) is 9.59 Å². The molecule has 2 aromatic rings. The number of anilines is 1. The summed E-state index contributed by atoms with van der Waals surface area (Å²) in [7, 11) is 0. The highest BCUT2D eigenvalue weighted by atomic mass is 35.5. The molecule has 0 aliphatic carbocycles. The van der Waals surface area contributed by atoms with Crippen molar-refractivity contribution in [2.24, 2.45) is 0 Å². The van der Waals surface area contributed by atoms with Crippen LogP contribution in [0.15, 0.2) is 42.6 Å². The number of benzene rings is 1. The van der Waals surface area contributed by atoms with Crippen LogP contribution < -0.4 is 10.2 Å². The zero-order valence-corrected chi connectivity index (χ0v) is 14.4. The van der Waals surface area contributed by atoms with Crippen molar-refractivity contribution in [1.82, 2.24) is 15.2 Å². The van der Waals surface area contributed by atoms with E-state index in [0.29, 0.717) is 30.4 Å². The van der Waals surface area contributed by atoms with Crippen molar-refractivity contribution < 1.29 is 9.59 Å². The molecule has 2 amide bonds. The second-order valence-corrected chi connectivity index (χ2v) is 6.27. The highest BCUT2D eigenvalue weighted by molar-refractivity contribution is 6.30. The Balaban J connectivity index is 1.61. The maximum atomic E-state index is 12.3. The van der Waals surface area contributed by atoms with Crippen LogP contribution in [0.4, 0.5) is 5.69 Å². The molecule has 0 radical (unpaired) electrons. The summed E-state index contributed by atoms with van der Waals surface area (Å²) in [5.41, 5.74) is 2.29. The Labute approximate surface area is 151 Å². The average molecular weight is 359 g/mol. The molecule has 0 bridgehead atoms. The van der Waals surface area contributed by atoms with Gasteiger partial charge >= 0.3 is 0 Å². The summed E-state index contributed by atoms with van der Waals surface area (Å²) in [5.74, 6) is -0.219. The zero-order valence-electron chi connectivity index (χ0n) is 13.7. The smallest absolute Gasteiger partial charge is 0.270 e. The minimum Gasteiger partial charge on any atom is -0.368 e. The molecule has 3 rings (SSSR count). The van der Waals surface area contributed by atoms with E-state index in [2.05, 4.69) is 15.2 Å². The lowest BCUT2D eigenvalue weighted by atomic mass is 10.2. The lowest BCUT2D eigenvalue weighted by Gasteiger charge is -2.34. The van der Waals surface area contributed by atoms with Crippen LogP contribution in [0.5, 0.6) is 0 Å². The van der Waals surface area contributed by atoms with Crippen molar-refractivity contribution in [2.45, 2.75) is 6.54 Å². The molecule has 1 aliphatic rings. The van der Waals surface area contributed by atoms with Gasteiger partial charge in [-0.3, -0.25) is 14.6 Å². The van der Waals surface area contributed by atoms with Gasteiger partial charge in [0.15, 0.2) is 0 Å².